The first kappa shape index (κ1) is 37.3. The van der Waals surface area contributed by atoms with Gasteiger partial charge in [0.05, 0.1) is 42.9 Å². The lowest BCUT2D eigenvalue weighted by Crippen LogP contribution is -2.04. The molecule has 5 aromatic heterocycles. The zero-order valence-corrected chi connectivity index (χ0v) is 36.5. The van der Waals surface area contributed by atoms with Crippen LogP contribution in [0.15, 0.2) is 194 Å². The van der Waals surface area contributed by atoms with Crippen molar-refractivity contribution in [2.75, 3.05) is 0 Å². The summed E-state index contributed by atoms with van der Waals surface area (Å²) in [4.78, 5) is 10.9. The van der Waals surface area contributed by atoms with E-state index in [9.17, 15) is 0 Å². The summed E-state index contributed by atoms with van der Waals surface area (Å²) < 4.78 is 38.4. The number of aromatic nitrogens is 4. The minimum Gasteiger partial charge on any atom is -0.309 e. The lowest BCUT2D eigenvalue weighted by atomic mass is 10.0. The molecule has 4 nitrogen and oxygen atoms in total. The zero-order valence-electron chi connectivity index (χ0n) is 34.8. The Labute approximate surface area is 383 Å². The molecule has 0 aliphatic heterocycles. The minimum atomic E-state index is -0.241. The van der Waals surface area contributed by atoms with Gasteiger partial charge >= 0.3 is 0 Å². The van der Waals surface area contributed by atoms with E-state index in [0.717, 1.165) is 91.7 Å². The fourth-order valence-electron chi connectivity index (χ4n) is 10.2. The molecule has 14 rings (SSSR count). The number of hydrogen-bond donors (Lipinski definition) is 0. The van der Waals surface area contributed by atoms with Crippen LogP contribution >= 0.6 is 22.7 Å². The molecule has 0 unspecified atom stereocenters. The van der Waals surface area contributed by atoms with Crippen molar-refractivity contribution in [1.29, 1.82) is 0 Å². The van der Waals surface area contributed by atoms with Crippen molar-refractivity contribution in [2.24, 2.45) is 0 Å². The second-order valence-corrected chi connectivity index (χ2v) is 18.8. The summed E-state index contributed by atoms with van der Waals surface area (Å²) in [6.45, 7) is 0. The van der Waals surface area contributed by atoms with Gasteiger partial charge < -0.3 is 4.57 Å². The van der Waals surface area contributed by atoms with E-state index in [1.807, 2.05) is 30.3 Å². The highest BCUT2D eigenvalue weighted by Gasteiger charge is 2.22. The lowest BCUT2D eigenvalue weighted by molar-refractivity contribution is 0.641. The first-order chi connectivity index (χ1) is 32.6. The fourth-order valence-corrected chi connectivity index (χ4v) is 12.6. The predicted molar refractivity (Wildman–Crippen MR) is 273 cm³/mol. The van der Waals surface area contributed by atoms with Crippen molar-refractivity contribution in [3.05, 3.63) is 206 Å². The zero-order chi connectivity index (χ0) is 43.6. The number of hydrogen-bond acceptors (Lipinski definition) is 4. The quantitative estimate of drug-likeness (QED) is 0.173. The SMILES string of the molecule is Fc1cccc2c1sc1c(-c3cc(-c4cccc5c4sc4c(F)cccc45)nc(-n4c5ccccc5c5ccc(-c6ccc7c(c6)c6ccccc6n7-c6ccccc6)cc54)n3)cccc12. The lowest BCUT2D eigenvalue weighted by Gasteiger charge is -2.13. The van der Waals surface area contributed by atoms with E-state index in [1.165, 1.54) is 45.6 Å². The first-order valence-electron chi connectivity index (χ1n) is 21.8. The van der Waals surface area contributed by atoms with Crippen LogP contribution in [0, 0.1) is 11.6 Å². The summed E-state index contributed by atoms with van der Waals surface area (Å²) in [6, 6.07) is 65.8. The summed E-state index contributed by atoms with van der Waals surface area (Å²) in [5, 5.41) is 8.23. The number of rotatable bonds is 5. The topological polar surface area (TPSA) is 35.6 Å². The average molecular weight is 887 g/mol. The van der Waals surface area contributed by atoms with Crippen LogP contribution in [0.25, 0.3) is 129 Å². The van der Waals surface area contributed by atoms with Crippen LogP contribution in [-0.2, 0) is 0 Å². The number of benzene rings is 9. The molecule has 0 bridgehead atoms. The summed E-state index contributed by atoms with van der Waals surface area (Å²) in [7, 11) is 0. The van der Waals surface area contributed by atoms with Crippen LogP contribution in [0.2, 0.25) is 0 Å². The molecule has 9 aromatic carbocycles. The van der Waals surface area contributed by atoms with E-state index < -0.39 is 0 Å². The Morgan fingerprint density at radius 2 is 0.803 bits per heavy atom. The van der Waals surface area contributed by atoms with Gasteiger partial charge in [0, 0.05) is 69.3 Å². The smallest absolute Gasteiger partial charge is 0.235 e. The van der Waals surface area contributed by atoms with Crippen LogP contribution in [0.1, 0.15) is 0 Å². The molecule has 0 aliphatic carbocycles. The molecule has 0 radical (unpaired) electrons. The highest BCUT2D eigenvalue weighted by molar-refractivity contribution is 7.26. The van der Waals surface area contributed by atoms with Crippen molar-refractivity contribution in [3.63, 3.8) is 0 Å². The number of halogens is 2. The highest BCUT2D eigenvalue weighted by atomic mass is 32.1. The Kier molecular flexibility index (Phi) is 8.05. The van der Waals surface area contributed by atoms with Crippen LogP contribution in [0.4, 0.5) is 8.78 Å². The normalized spacial score (nSPS) is 12.1. The minimum absolute atomic E-state index is 0.241. The van der Waals surface area contributed by atoms with Crippen molar-refractivity contribution < 1.29 is 8.78 Å². The van der Waals surface area contributed by atoms with Gasteiger partial charge in [-0.25, -0.2) is 18.7 Å². The molecule has 0 atom stereocenters. The molecule has 8 heteroatoms. The summed E-state index contributed by atoms with van der Waals surface area (Å²) >= 11 is 2.89. The maximum Gasteiger partial charge on any atom is 0.235 e. The summed E-state index contributed by atoms with van der Waals surface area (Å²) in [6.07, 6.45) is 0. The Morgan fingerprint density at radius 1 is 0.333 bits per heavy atom. The molecule has 310 valence electrons. The van der Waals surface area contributed by atoms with Gasteiger partial charge in [-0.05, 0) is 71.8 Å². The van der Waals surface area contributed by atoms with Gasteiger partial charge in [0.25, 0.3) is 0 Å². The largest absolute Gasteiger partial charge is 0.309 e. The maximum absolute atomic E-state index is 15.4. The van der Waals surface area contributed by atoms with Crippen molar-refractivity contribution in [3.8, 4) is 45.3 Å². The van der Waals surface area contributed by atoms with Crippen molar-refractivity contribution in [1.82, 2.24) is 19.1 Å². The molecule has 14 aromatic rings. The second-order valence-electron chi connectivity index (χ2n) is 16.7. The van der Waals surface area contributed by atoms with E-state index in [2.05, 4.69) is 149 Å². The molecule has 0 aliphatic rings. The Morgan fingerprint density at radius 3 is 1.44 bits per heavy atom. The monoisotopic (exact) mass is 886 g/mol. The standard InChI is InChI=1S/C58H32F2N4S2/c59-46-22-10-18-41-39-16-8-20-43(54(39)65-56(41)46)48-32-49(44-21-9-17-40-42-19-11-23-47(60)57(42)66-55(40)44)62-58(61-48)64-51-25-7-4-14-36(51)38-28-26-34(31-53(38)64)33-27-29-52-45(30-33)37-15-5-6-24-50(37)63(52)35-12-2-1-3-13-35/h1-32H. The fraction of sp³-hybridized carbons (Fsp3) is 0. The summed E-state index contributed by atoms with van der Waals surface area (Å²) in [5.74, 6) is 0.0185. The third-order valence-electron chi connectivity index (χ3n) is 13.1. The Balaban J connectivity index is 1.03. The van der Waals surface area contributed by atoms with Gasteiger partial charge in [0.15, 0.2) is 0 Å². The van der Waals surface area contributed by atoms with E-state index in [-0.39, 0.29) is 11.6 Å². The van der Waals surface area contributed by atoms with Gasteiger partial charge in [-0.2, -0.15) is 0 Å². The number of fused-ring (bicyclic) bond motifs is 12. The molecular weight excluding hydrogens is 855 g/mol. The molecule has 0 saturated heterocycles. The second kappa shape index (κ2) is 14.2. The predicted octanol–water partition coefficient (Wildman–Crippen LogP) is 16.7. The molecule has 0 N–H and O–H groups in total. The van der Waals surface area contributed by atoms with Gasteiger partial charge in [-0.3, -0.25) is 4.57 Å². The van der Waals surface area contributed by atoms with E-state index in [0.29, 0.717) is 26.7 Å². The van der Waals surface area contributed by atoms with Gasteiger partial charge in [-0.15, -0.1) is 22.7 Å². The molecule has 0 amide bonds. The molecule has 0 saturated carbocycles. The van der Waals surface area contributed by atoms with Gasteiger partial charge in [0.2, 0.25) is 5.95 Å². The van der Waals surface area contributed by atoms with E-state index in [1.54, 1.807) is 12.1 Å². The van der Waals surface area contributed by atoms with Crippen LogP contribution in [0.5, 0.6) is 0 Å². The summed E-state index contributed by atoms with van der Waals surface area (Å²) in [5.41, 5.74) is 10.7. The van der Waals surface area contributed by atoms with Gasteiger partial charge in [0.1, 0.15) is 11.6 Å². The maximum atomic E-state index is 15.4. The van der Waals surface area contributed by atoms with Crippen molar-refractivity contribution in [2.45, 2.75) is 0 Å². The average Bonchev–Trinajstić information content (AvgIpc) is 4.13. The molecular formula is C58H32F2N4S2. The Bertz CT molecular complexity index is 4190. The molecule has 66 heavy (non-hydrogen) atoms. The Hall–Kier alpha value is -8.04. The van der Waals surface area contributed by atoms with E-state index in [4.69, 9.17) is 9.97 Å². The molecule has 0 spiro atoms. The van der Waals surface area contributed by atoms with Crippen LogP contribution in [-0.4, -0.2) is 19.1 Å². The molecule has 5 heterocycles. The number of para-hydroxylation sites is 3. The highest BCUT2D eigenvalue weighted by Crippen LogP contribution is 2.45. The van der Waals surface area contributed by atoms with Crippen LogP contribution < -0.4 is 0 Å². The third kappa shape index (κ3) is 5.46. The van der Waals surface area contributed by atoms with E-state index >= 15 is 8.78 Å². The first-order valence-corrected chi connectivity index (χ1v) is 23.4. The number of thiophene rings is 2. The van der Waals surface area contributed by atoms with Gasteiger partial charge in [-0.1, -0.05) is 133 Å². The third-order valence-corrected chi connectivity index (χ3v) is 15.6. The molecule has 0 fully saturated rings. The number of nitrogens with zero attached hydrogens (tertiary/aromatic N) is 4. The van der Waals surface area contributed by atoms with Crippen molar-refractivity contribution >= 4 is 107 Å². The van der Waals surface area contributed by atoms with Crippen LogP contribution in [0.3, 0.4) is 0 Å².